The fourth-order valence-electron chi connectivity index (χ4n) is 3.87. The minimum absolute atomic E-state index is 0.112. The van der Waals surface area contributed by atoms with Crippen LogP contribution in [0.25, 0.3) is 11.0 Å². The van der Waals surface area contributed by atoms with Crippen molar-refractivity contribution in [3.8, 4) is 0 Å². The van der Waals surface area contributed by atoms with Crippen LogP contribution >= 0.6 is 0 Å². The molecule has 4 aromatic rings. The van der Waals surface area contributed by atoms with E-state index in [1.165, 1.54) is 12.4 Å². The Labute approximate surface area is 226 Å². The molecular weight excluding hydrogens is 524 g/mol. The Kier molecular flexibility index (Phi) is 8.69. The van der Waals surface area contributed by atoms with E-state index in [-0.39, 0.29) is 18.3 Å². The molecule has 0 aliphatic rings. The molecule has 1 amide bonds. The zero-order valence-electron chi connectivity index (χ0n) is 22.0. The second-order valence-corrected chi connectivity index (χ2v) is 10.1. The molecule has 0 unspecified atom stereocenters. The summed E-state index contributed by atoms with van der Waals surface area (Å²) < 4.78 is 39.8. The van der Waals surface area contributed by atoms with Crippen LogP contribution in [0.4, 0.5) is 17.5 Å². The normalized spacial score (nSPS) is 11.6. The van der Waals surface area contributed by atoms with Crippen molar-refractivity contribution in [2.45, 2.75) is 26.7 Å². The van der Waals surface area contributed by atoms with Gasteiger partial charge < -0.3 is 24.7 Å². The lowest BCUT2D eigenvalue weighted by Crippen LogP contribution is -2.18. The molecule has 4 rings (SSSR count). The van der Waals surface area contributed by atoms with E-state index >= 15 is 0 Å². The van der Waals surface area contributed by atoms with Crippen LogP contribution in [-0.2, 0) is 26.0 Å². The molecule has 0 saturated heterocycles. The fraction of sp³-hybridized carbons (Fsp3) is 0.320. The average Bonchev–Trinajstić information content (AvgIpc) is 3.26. The van der Waals surface area contributed by atoms with Gasteiger partial charge in [0.1, 0.15) is 11.3 Å². The topological polar surface area (TPSA) is 162 Å². The molecule has 0 aliphatic carbocycles. The summed E-state index contributed by atoms with van der Waals surface area (Å²) in [6, 6.07) is 8.77. The lowest BCUT2D eigenvalue weighted by Gasteiger charge is -2.20. The van der Waals surface area contributed by atoms with E-state index in [0.29, 0.717) is 47.4 Å². The van der Waals surface area contributed by atoms with Crippen molar-refractivity contribution in [1.82, 2.24) is 29.8 Å². The zero-order chi connectivity index (χ0) is 28.0. The number of aromatic nitrogens is 5. The van der Waals surface area contributed by atoms with Gasteiger partial charge in [0.2, 0.25) is 16.0 Å². The number of fused-ring (bicyclic) bond motifs is 1. The van der Waals surface area contributed by atoms with E-state index in [0.717, 1.165) is 11.6 Å². The maximum Gasteiger partial charge on any atom is 0.251 e. The molecule has 39 heavy (non-hydrogen) atoms. The molecule has 1 aromatic carbocycles. The number of benzene rings is 1. The molecule has 3 aromatic heterocycles. The van der Waals surface area contributed by atoms with Gasteiger partial charge in [-0.3, -0.25) is 14.5 Å². The second-order valence-electron chi connectivity index (χ2n) is 8.38. The average molecular weight is 555 g/mol. The highest BCUT2D eigenvalue weighted by atomic mass is 32.2. The van der Waals surface area contributed by atoms with Gasteiger partial charge in [0, 0.05) is 55.5 Å². The molecule has 0 bridgehead atoms. The Bertz CT molecular complexity index is 1550. The highest BCUT2D eigenvalue weighted by Crippen LogP contribution is 2.29. The smallest absolute Gasteiger partial charge is 0.251 e. The van der Waals surface area contributed by atoms with Crippen molar-refractivity contribution in [2.75, 3.05) is 36.6 Å². The van der Waals surface area contributed by atoms with Gasteiger partial charge in [0.05, 0.1) is 18.5 Å². The summed E-state index contributed by atoms with van der Waals surface area (Å²) in [5.41, 5.74) is 2.80. The summed E-state index contributed by atoms with van der Waals surface area (Å²) in [7, 11) is -2.01. The number of hydrogen-bond donors (Lipinski definition) is 3. The van der Waals surface area contributed by atoms with Gasteiger partial charge in [0.15, 0.2) is 12.1 Å². The monoisotopic (exact) mass is 554 g/mol. The van der Waals surface area contributed by atoms with Gasteiger partial charge in [0.25, 0.3) is 5.91 Å². The van der Waals surface area contributed by atoms with Crippen LogP contribution in [0.3, 0.4) is 0 Å². The Balaban J connectivity index is 1.77. The number of carbonyl (C=O) groups is 1. The molecule has 13 nitrogen and oxygen atoms in total. The Morgan fingerprint density at radius 3 is 2.38 bits per heavy atom. The van der Waals surface area contributed by atoms with Gasteiger partial charge in [-0.25, -0.2) is 18.4 Å². The third-order valence-corrected chi connectivity index (χ3v) is 6.10. The van der Waals surface area contributed by atoms with E-state index in [1.807, 2.05) is 24.5 Å². The number of carbonyl (C=O) groups excluding carboxylic acids is 1. The molecule has 3 heterocycles. The van der Waals surface area contributed by atoms with Crippen molar-refractivity contribution >= 4 is 44.4 Å². The number of sulfonamides is 1. The van der Waals surface area contributed by atoms with Crippen LogP contribution in [-0.4, -0.2) is 65.3 Å². The van der Waals surface area contributed by atoms with Crippen LogP contribution in [0.2, 0.25) is 0 Å². The lowest BCUT2D eigenvalue weighted by molar-refractivity contribution is -0.144. The third-order valence-electron chi connectivity index (χ3n) is 5.54. The molecule has 0 fully saturated rings. The molecule has 14 heteroatoms. The van der Waals surface area contributed by atoms with Gasteiger partial charge in [-0.05, 0) is 44.2 Å². The van der Waals surface area contributed by atoms with E-state index in [4.69, 9.17) is 14.5 Å². The zero-order valence-corrected chi connectivity index (χ0v) is 22.8. The van der Waals surface area contributed by atoms with Gasteiger partial charge in [-0.15, -0.1) is 0 Å². The predicted molar refractivity (Wildman–Crippen MR) is 146 cm³/mol. The first-order chi connectivity index (χ1) is 18.7. The summed E-state index contributed by atoms with van der Waals surface area (Å²) in [4.78, 5) is 29.6. The van der Waals surface area contributed by atoms with Crippen LogP contribution in [0.5, 0.6) is 0 Å². The highest BCUT2D eigenvalue weighted by Gasteiger charge is 2.23. The summed E-state index contributed by atoms with van der Waals surface area (Å²) in [6.07, 6.45) is 4.92. The van der Waals surface area contributed by atoms with Crippen LogP contribution in [0.1, 0.15) is 41.9 Å². The molecule has 206 valence electrons. The molecule has 0 atom stereocenters. The number of rotatable bonds is 12. The van der Waals surface area contributed by atoms with Crippen LogP contribution < -0.4 is 15.4 Å². The van der Waals surface area contributed by atoms with Gasteiger partial charge in [-0.1, -0.05) is 0 Å². The van der Waals surface area contributed by atoms with E-state index in [1.54, 1.807) is 37.5 Å². The maximum absolute atomic E-state index is 11.9. The molecule has 0 spiro atoms. The van der Waals surface area contributed by atoms with Crippen molar-refractivity contribution < 1.29 is 22.7 Å². The molecule has 0 saturated carbocycles. The van der Waals surface area contributed by atoms with Crippen molar-refractivity contribution in [3.63, 3.8) is 0 Å². The number of ether oxygens (including phenoxy) is 2. The minimum Gasteiger partial charge on any atom is -0.355 e. The Hall–Kier alpha value is -4.14. The first kappa shape index (κ1) is 27.9. The van der Waals surface area contributed by atoms with Crippen LogP contribution in [0.15, 0.2) is 48.9 Å². The Morgan fingerprint density at radius 1 is 1.05 bits per heavy atom. The predicted octanol–water partition coefficient (Wildman–Crippen LogP) is 2.82. The molecular formula is C25H30N8O5S. The van der Waals surface area contributed by atoms with E-state index < -0.39 is 16.3 Å². The second kappa shape index (κ2) is 12.1. The molecule has 3 N–H and O–H groups in total. The molecule has 0 radical (unpaired) electrons. The number of nitrogens with zero attached hydrogens (tertiary/aromatic N) is 5. The van der Waals surface area contributed by atoms with Gasteiger partial charge >= 0.3 is 0 Å². The fourth-order valence-corrected chi connectivity index (χ4v) is 4.40. The van der Waals surface area contributed by atoms with Gasteiger partial charge in [-0.2, -0.15) is 4.98 Å². The quantitative estimate of drug-likeness (QED) is 0.222. The third kappa shape index (κ3) is 6.85. The standard InChI is InChI=1S/C25H30N8O5S/c1-5-37-24(38-6-2)20-13-17-14-29-25(30-18-9-7-16(8-10-18)23(34)26-3)31-22(17)33(20)15-19-21(28-12-11-27-19)32-39(4,35)36/h7-14,24H,5-6,15H2,1-4H3,(H,26,34)(H,28,32)(H,29,30,31). The number of hydrogen-bond acceptors (Lipinski definition) is 10. The van der Waals surface area contributed by atoms with E-state index in [2.05, 4.69) is 30.3 Å². The minimum atomic E-state index is -3.59. The van der Waals surface area contributed by atoms with Crippen LogP contribution in [0, 0.1) is 0 Å². The highest BCUT2D eigenvalue weighted by molar-refractivity contribution is 7.92. The number of amides is 1. The van der Waals surface area contributed by atoms with E-state index in [9.17, 15) is 13.2 Å². The number of anilines is 3. The largest absolute Gasteiger partial charge is 0.355 e. The van der Waals surface area contributed by atoms with Crippen molar-refractivity contribution in [2.24, 2.45) is 0 Å². The molecule has 0 aliphatic heterocycles. The first-order valence-electron chi connectivity index (χ1n) is 12.2. The lowest BCUT2D eigenvalue weighted by atomic mass is 10.2. The number of nitrogens with one attached hydrogen (secondary N) is 3. The SMILES string of the molecule is CCOC(OCC)c1cc2cnc(Nc3ccc(C(=O)NC)cc3)nc2n1Cc1nccnc1NS(C)(=O)=O. The van der Waals surface area contributed by atoms with Crippen molar-refractivity contribution in [3.05, 3.63) is 65.9 Å². The Morgan fingerprint density at radius 2 is 1.74 bits per heavy atom. The summed E-state index contributed by atoms with van der Waals surface area (Å²) in [5, 5.41) is 6.46. The summed E-state index contributed by atoms with van der Waals surface area (Å²) in [5.74, 6) is 0.247. The first-order valence-corrected chi connectivity index (χ1v) is 14.1. The van der Waals surface area contributed by atoms with Crippen molar-refractivity contribution in [1.29, 1.82) is 0 Å². The maximum atomic E-state index is 11.9. The summed E-state index contributed by atoms with van der Waals surface area (Å²) >= 11 is 0. The summed E-state index contributed by atoms with van der Waals surface area (Å²) in [6.45, 7) is 4.67.